The zero-order valence-corrected chi connectivity index (χ0v) is 11.4. The van der Waals surface area contributed by atoms with Crippen molar-refractivity contribution in [1.82, 2.24) is 4.98 Å². The molecule has 1 aromatic rings. The van der Waals surface area contributed by atoms with Gasteiger partial charge >= 0.3 is 5.97 Å². The molecule has 19 heavy (non-hydrogen) atoms. The van der Waals surface area contributed by atoms with Crippen LogP contribution in [0.2, 0.25) is 0 Å². The Morgan fingerprint density at radius 1 is 1.37 bits per heavy atom. The minimum absolute atomic E-state index is 0.303. The Balaban J connectivity index is 1.88. The summed E-state index contributed by atoms with van der Waals surface area (Å²) >= 11 is 0. The summed E-state index contributed by atoms with van der Waals surface area (Å²) in [6, 6.07) is 1.54. The maximum absolute atomic E-state index is 11.1. The van der Waals surface area contributed by atoms with E-state index in [9.17, 15) is 4.79 Å². The first kappa shape index (κ1) is 13.8. The van der Waals surface area contributed by atoms with Crippen LogP contribution in [0.4, 0.5) is 5.69 Å². The maximum Gasteiger partial charge on any atom is 0.337 e. The van der Waals surface area contributed by atoms with E-state index in [1.54, 1.807) is 12.3 Å². The van der Waals surface area contributed by atoms with Crippen molar-refractivity contribution >= 4 is 11.7 Å². The molecule has 0 unspecified atom stereocenters. The molecule has 0 saturated heterocycles. The molecule has 4 heteroatoms. The highest BCUT2D eigenvalue weighted by molar-refractivity contribution is 5.93. The van der Waals surface area contributed by atoms with Crippen molar-refractivity contribution in [2.24, 2.45) is 11.8 Å². The number of anilines is 1. The van der Waals surface area contributed by atoms with E-state index in [0.717, 1.165) is 12.5 Å². The Morgan fingerprint density at radius 3 is 2.68 bits per heavy atom. The van der Waals surface area contributed by atoms with Crippen molar-refractivity contribution in [3.63, 3.8) is 0 Å². The lowest BCUT2D eigenvalue weighted by Crippen LogP contribution is -2.21. The van der Waals surface area contributed by atoms with Gasteiger partial charge in [0.25, 0.3) is 0 Å². The fraction of sp³-hybridized carbons (Fsp3) is 0.600. The van der Waals surface area contributed by atoms with Crippen molar-refractivity contribution < 1.29 is 9.90 Å². The van der Waals surface area contributed by atoms with E-state index in [4.69, 9.17) is 5.11 Å². The molecule has 1 fully saturated rings. The molecule has 1 saturated carbocycles. The van der Waals surface area contributed by atoms with Crippen LogP contribution in [0.1, 0.15) is 49.4 Å². The first-order valence-corrected chi connectivity index (χ1v) is 7.11. The minimum Gasteiger partial charge on any atom is -0.478 e. The molecule has 1 aromatic heterocycles. The van der Waals surface area contributed by atoms with Crippen LogP contribution in [0.3, 0.4) is 0 Å². The second-order valence-corrected chi connectivity index (χ2v) is 5.40. The summed E-state index contributed by atoms with van der Waals surface area (Å²) in [6.07, 6.45) is 9.50. The van der Waals surface area contributed by atoms with Crippen LogP contribution in [0.5, 0.6) is 0 Å². The fourth-order valence-corrected chi connectivity index (χ4v) is 2.82. The predicted octanol–water partition coefficient (Wildman–Crippen LogP) is 3.41. The lowest BCUT2D eigenvalue weighted by atomic mass is 9.81. The Labute approximate surface area is 114 Å². The van der Waals surface area contributed by atoms with Crippen LogP contribution in [0, 0.1) is 11.8 Å². The van der Waals surface area contributed by atoms with Crippen LogP contribution >= 0.6 is 0 Å². The summed E-state index contributed by atoms with van der Waals surface area (Å²) in [7, 11) is 0. The van der Waals surface area contributed by atoms with Gasteiger partial charge in [0.1, 0.15) is 0 Å². The van der Waals surface area contributed by atoms with E-state index >= 15 is 0 Å². The fourth-order valence-electron chi connectivity index (χ4n) is 2.82. The third kappa shape index (κ3) is 3.69. The van der Waals surface area contributed by atoms with Gasteiger partial charge in [-0.2, -0.15) is 0 Å². The molecule has 1 aliphatic carbocycles. The second kappa shape index (κ2) is 6.55. The predicted molar refractivity (Wildman–Crippen MR) is 75.4 cm³/mol. The average molecular weight is 262 g/mol. The van der Waals surface area contributed by atoms with Crippen molar-refractivity contribution in [3.8, 4) is 0 Å². The summed E-state index contributed by atoms with van der Waals surface area (Å²) < 4.78 is 0. The highest BCUT2D eigenvalue weighted by Gasteiger charge is 2.20. The van der Waals surface area contributed by atoms with Crippen molar-refractivity contribution in [2.45, 2.75) is 39.0 Å². The Morgan fingerprint density at radius 2 is 2.05 bits per heavy atom. The van der Waals surface area contributed by atoms with Crippen LogP contribution < -0.4 is 5.32 Å². The Hall–Kier alpha value is -1.58. The Bertz CT molecular complexity index is 426. The van der Waals surface area contributed by atoms with E-state index in [0.29, 0.717) is 17.2 Å². The van der Waals surface area contributed by atoms with Crippen molar-refractivity contribution in [2.75, 3.05) is 11.9 Å². The third-order valence-corrected chi connectivity index (χ3v) is 4.18. The lowest BCUT2D eigenvalue weighted by molar-refractivity contribution is 0.0697. The molecule has 0 aromatic carbocycles. The molecule has 0 amide bonds. The molecule has 0 radical (unpaired) electrons. The molecular formula is C15H22N2O2. The lowest BCUT2D eigenvalue weighted by Gasteiger charge is -2.28. The SMILES string of the molecule is CCC1CCC(CNc2cnccc2C(=O)O)CC1. The van der Waals surface area contributed by atoms with Crippen LogP contribution in [0.15, 0.2) is 18.5 Å². The molecule has 4 nitrogen and oxygen atoms in total. The van der Waals surface area contributed by atoms with E-state index < -0.39 is 5.97 Å². The summed E-state index contributed by atoms with van der Waals surface area (Å²) in [5.74, 6) is 0.647. The van der Waals surface area contributed by atoms with Crippen LogP contribution in [-0.2, 0) is 0 Å². The standard InChI is InChI=1S/C15H22N2O2/c1-2-11-3-5-12(6-4-11)9-17-14-10-16-8-7-13(14)15(18)19/h7-8,10-12,17H,2-6,9H2,1H3,(H,18,19). The van der Waals surface area contributed by atoms with Gasteiger partial charge in [-0.05, 0) is 30.7 Å². The first-order valence-electron chi connectivity index (χ1n) is 7.11. The number of pyridine rings is 1. The molecule has 2 N–H and O–H groups in total. The van der Waals surface area contributed by atoms with Gasteiger partial charge in [-0.25, -0.2) is 4.79 Å². The average Bonchev–Trinajstić information content (AvgIpc) is 2.46. The van der Waals surface area contributed by atoms with Gasteiger partial charge < -0.3 is 10.4 Å². The quantitative estimate of drug-likeness (QED) is 0.853. The summed E-state index contributed by atoms with van der Waals surface area (Å²) in [4.78, 5) is 15.1. The number of rotatable bonds is 5. The Kier molecular flexibility index (Phi) is 4.77. The molecule has 0 atom stereocenters. The molecule has 0 bridgehead atoms. The molecule has 1 heterocycles. The molecule has 0 aliphatic heterocycles. The van der Waals surface area contributed by atoms with Gasteiger partial charge in [0.2, 0.25) is 0 Å². The van der Waals surface area contributed by atoms with E-state index in [1.165, 1.54) is 38.3 Å². The van der Waals surface area contributed by atoms with Crippen LogP contribution in [0.25, 0.3) is 0 Å². The van der Waals surface area contributed by atoms with Crippen LogP contribution in [-0.4, -0.2) is 22.6 Å². The summed E-state index contributed by atoms with van der Waals surface area (Å²) in [6.45, 7) is 3.11. The number of nitrogens with one attached hydrogen (secondary N) is 1. The number of carbonyl (C=O) groups is 1. The van der Waals surface area contributed by atoms with E-state index in [2.05, 4.69) is 17.2 Å². The number of carboxylic acid groups (broad SMARTS) is 1. The van der Waals surface area contributed by atoms with Gasteiger partial charge in [0.15, 0.2) is 0 Å². The zero-order valence-electron chi connectivity index (χ0n) is 11.4. The van der Waals surface area contributed by atoms with Crippen molar-refractivity contribution in [3.05, 3.63) is 24.0 Å². The molecular weight excluding hydrogens is 240 g/mol. The zero-order chi connectivity index (χ0) is 13.7. The summed E-state index contributed by atoms with van der Waals surface area (Å²) in [5, 5.41) is 12.4. The second-order valence-electron chi connectivity index (χ2n) is 5.40. The maximum atomic E-state index is 11.1. The molecule has 2 rings (SSSR count). The molecule has 104 valence electrons. The number of nitrogens with zero attached hydrogens (tertiary/aromatic N) is 1. The smallest absolute Gasteiger partial charge is 0.337 e. The molecule has 0 spiro atoms. The minimum atomic E-state index is -0.903. The highest BCUT2D eigenvalue weighted by Crippen LogP contribution is 2.30. The van der Waals surface area contributed by atoms with Gasteiger partial charge in [-0.15, -0.1) is 0 Å². The highest BCUT2D eigenvalue weighted by atomic mass is 16.4. The van der Waals surface area contributed by atoms with Gasteiger partial charge in [0, 0.05) is 12.7 Å². The number of hydrogen-bond donors (Lipinski definition) is 2. The number of carboxylic acids is 1. The molecule has 1 aliphatic rings. The van der Waals surface area contributed by atoms with Gasteiger partial charge in [0.05, 0.1) is 17.4 Å². The van der Waals surface area contributed by atoms with E-state index in [1.807, 2.05) is 0 Å². The van der Waals surface area contributed by atoms with E-state index in [-0.39, 0.29) is 0 Å². The van der Waals surface area contributed by atoms with Gasteiger partial charge in [-0.3, -0.25) is 4.98 Å². The number of aromatic nitrogens is 1. The number of aromatic carboxylic acids is 1. The summed E-state index contributed by atoms with van der Waals surface area (Å²) in [5.41, 5.74) is 0.935. The van der Waals surface area contributed by atoms with Gasteiger partial charge in [-0.1, -0.05) is 26.2 Å². The van der Waals surface area contributed by atoms with Crippen molar-refractivity contribution in [1.29, 1.82) is 0 Å². The largest absolute Gasteiger partial charge is 0.478 e. The monoisotopic (exact) mass is 262 g/mol. The normalized spacial score (nSPS) is 23.0. The number of hydrogen-bond acceptors (Lipinski definition) is 3. The third-order valence-electron chi connectivity index (χ3n) is 4.18. The first-order chi connectivity index (χ1) is 9.20. The topological polar surface area (TPSA) is 62.2 Å².